The Hall–Kier alpha value is -10.5. The second-order valence-electron chi connectivity index (χ2n) is 20.7. The van der Waals surface area contributed by atoms with Gasteiger partial charge in [0.1, 0.15) is 0 Å². The van der Waals surface area contributed by atoms with Crippen LogP contribution < -0.4 is 9.80 Å². The number of fused-ring (bicyclic) bond motifs is 7. The smallest absolute Gasteiger partial charge is 0.0469 e. The first-order valence-corrected chi connectivity index (χ1v) is 27.1. The van der Waals surface area contributed by atoms with Crippen molar-refractivity contribution in [1.82, 2.24) is 4.98 Å². The fourth-order valence-electron chi connectivity index (χ4n) is 11.7. The molecule has 0 bridgehead atoms. The van der Waals surface area contributed by atoms with E-state index in [-0.39, 0.29) is 0 Å². The average Bonchev–Trinajstić information content (AvgIpc) is 4.03. The molecule has 1 aromatic heterocycles. The number of nitrogens with one attached hydrogen (secondary N) is 1. The summed E-state index contributed by atoms with van der Waals surface area (Å²) >= 11 is 0. The number of benzene rings is 14. The maximum atomic E-state index is 3.79. The summed E-state index contributed by atoms with van der Waals surface area (Å²) in [7, 11) is 0. The van der Waals surface area contributed by atoms with Crippen LogP contribution in [0.25, 0.3) is 109 Å². The van der Waals surface area contributed by atoms with E-state index in [2.05, 4.69) is 318 Å². The van der Waals surface area contributed by atoms with E-state index < -0.39 is 0 Å². The Bertz CT molecular complexity index is 4210. The Labute approximate surface area is 459 Å². The molecule has 0 aliphatic heterocycles. The summed E-state index contributed by atoms with van der Waals surface area (Å²) in [6.07, 6.45) is 0. The zero-order valence-electron chi connectivity index (χ0n) is 43.3. The minimum atomic E-state index is 1.07. The highest BCUT2D eigenvalue weighted by atomic mass is 15.1. The van der Waals surface area contributed by atoms with Crippen LogP contribution in [0.4, 0.5) is 34.1 Å². The molecule has 0 atom stereocenters. The minimum absolute atomic E-state index is 1.07. The molecule has 0 aliphatic rings. The SMILES string of the molecule is c1ccc2cc(-c3ccc(N(c4ccc(-c5ccc6ccccc6c5)cc4)c4ccc5[nH]c6ccc(N(c7ccc(-c8ccc9ccccc9c8)cc7)c7ccc(-c8ccc9ccccc9c8)cc7)cc6c5c4)cc3)ccc2c1. The standard InChI is InChI=1S/C76H51N3/c1-5-13-59-45-63(21-17-51(59)9-1)55-25-33-67(34-26-55)78(68-35-27-56(28-36-68)64-22-18-52-10-2-6-14-60(52)46-64)71-41-43-75-73(49-71)74-50-72(42-44-76(74)77-75)79(69-37-29-57(30-38-69)65-23-19-53-11-3-7-15-61(53)47-65)70-39-31-58(32-40-70)66-24-20-54-12-4-8-16-62(54)48-66/h1-50,77H. The van der Waals surface area contributed by atoms with Crippen molar-refractivity contribution >= 4 is 99.0 Å². The van der Waals surface area contributed by atoms with Gasteiger partial charge in [-0.1, -0.05) is 194 Å². The molecule has 0 unspecified atom stereocenters. The molecule has 0 fully saturated rings. The highest BCUT2D eigenvalue weighted by molar-refractivity contribution is 6.10. The van der Waals surface area contributed by atoms with Gasteiger partial charge in [-0.25, -0.2) is 0 Å². The number of nitrogens with zero attached hydrogens (tertiary/aromatic N) is 2. The monoisotopic (exact) mass is 1010 g/mol. The lowest BCUT2D eigenvalue weighted by Crippen LogP contribution is -2.10. The largest absolute Gasteiger partial charge is 0.355 e. The van der Waals surface area contributed by atoms with Crippen LogP contribution in [0.2, 0.25) is 0 Å². The van der Waals surface area contributed by atoms with Crippen molar-refractivity contribution in [3.63, 3.8) is 0 Å². The zero-order valence-corrected chi connectivity index (χ0v) is 43.3. The van der Waals surface area contributed by atoms with E-state index in [1.54, 1.807) is 0 Å². The van der Waals surface area contributed by atoms with Gasteiger partial charge in [0, 0.05) is 55.9 Å². The summed E-state index contributed by atoms with van der Waals surface area (Å²) in [5.74, 6) is 0. The minimum Gasteiger partial charge on any atom is -0.355 e. The Kier molecular flexibility index (Phi) is 11.2. The fraction of sp³-hybridized carbons (Fsp3) is 0. The highest BCUT2D eigenvalue weighted by Crippen LogP contribution is 2.43. The molecule has 0 saturated heterocycles. The molecule has 15 aromatic rings. The maximum absolute atomic E-state index is 3.79. The highest BCUT2D eigenvalue weighted by Gasteiger charge is 2.19. The fourth-order valence-corrected chi connectivity index (χ4v) is 11.7. The van der Waals surface area contributed by atoms with Gasteiger partial charge >= 0.3 is 0 Å². The Morgan fingerprint density at radius 2 is 0.405 bits per heavy atom. The van der Waals surface area contributed by atoms with E-state index in [1.807, 2.05) is 0 Å². The molecule has 370 valence electrons. The quantitative estimate of drug-likeness (QED) is 0.147. The van der Waals surface area contributed by atoms with Crippen LogP contribution in [0.3, 0.4) is 0 Å². The summed E-state index contributed by atoms with van der Waals surface area (Å²) < 4.78 is 0. The number of hydrogen-bond acceptors (Lipinski definition) is 2. The molecule has 0 aliphatic carbocycles. The summed E-state index contributed by atoms with van der Waals surface area (Å²) in [5.41, 5.74) is 18.1. The van der Waals surface area contributed by atoms with E-state index in [0.29, 0.717) is 0 Å². The number of rotatable bonds is 10. The van der Waals surface area contributed by atoms with E-state index >= 15 is 0 Å². The summed E-state index contributed by atoms with van der Waals surface area (Å²) in [4.78, 5) is 8.56. The second-order valence-corrected chi connectivity index (χ2v) is 20.7. The molecule has 1 heterocycles. The lowest BCUT2D eigenvalue weighted by atomic mass is 10.00. The van der Waals surface area contributed by atoms with Gasteiger partial charge < -0.3 is 14.8 Å². The molecule has 1 N–H and O–H groups in total. The van der Waals surface area contributed by atoms with Gasteiger partial charge in [-0.3, -0.25) is 0 Å². The first-order chi connectivity index (χ1) is 39.1. The van der Waals surface area contributed by atoms with E-state index in [4.69, 9.17) is 0 Å². The maximum Gasteiger partial charge on any atom is 0.0469 e. The van der Waals surface area contributed by atoms with E-state index in [9.17, 15) is 0 Å². The molecule has 3 heteroatoms. The molecular weight excluding hydrogens is 955 g/mol. The normalized spacial score (nSPS) is 11.5. The molecule has 79 heavy (non-hydrogen) atoms. The summed E-state index contributed by atoms with van der Waals surface area (Å²) in [5, 5.41) is 12.2. The third-order valence-corrected chi connectivity index (χ3v) is 15.9. The Morgan fingerprint density at radius 3 is 0.671 bits per heavy atom. The molecule has 0 radical (unpaired) electrons. The third kappa shape index (κ3) is 8.61. The average molecular weight is 1010 g/mol. The molecule has 0 spiro atoms. The molecule has 0 saturated carbocycles. The lowest BCUT2D eigenvalue weighted by molar-refractivity contribution is 1.29. The third-order valence-electron chi connectivity index (χ3n) is 15.9. The van der Waals surface area contributed by atoms with Crippen molar-refractivity contribution in [2.45, 2.75) is 0 Å². The number of H-pyrrole nitrogens is 1. The van der Waals surface area contributed by atoms with E-state index in [1.165, 1.54) is 87.6 Å². The van der Waals surface area contributed by atoms with Crippen molar-refractivity contribution < 1.29 is 0 Å². The predicted octanol–water partition coefficient (Wildman–Crippen LogP) is 21.5. The van der Waals surface area contributed by atoms with Gasteiger partial charge in [0.05, 0.1) is 0 Å². The van der Waals surface area contributed by atoms with Crippen LogP contribution in [0.5, 0.6) is 0 Å². The predicted molar refractivity (Wildman–Crippen MR) is 337 cm³/mol. The van der Waals surface area contributed by atoms with Crippen LogP contribution in [-0.4, -0.2) is 4.98 Å². The van der Waals surface area contributed by atoms with Gasteiger partial charge in [-0.15, -0.1) is 0 Å². The molecule has 14 aromatic carbocycles. The number of anilines is 6. The molecule has 15 rings (SSSR count). The molecular formula is C76H51N3. The Morgan fingerprint density at radius 1 is 0.177 bits per heavy atom. The van der Waals surface area contributed by atoms with Crippen molar-refractivity contribution in [3.8, 4) is 44.5 Å². The van der Waals surface area contributed by atoms with Crippen LogP contribution in [0, 0.1) is 0 Å². The van der Waals surface area contributed by atoms with Gasteiger partial charge in [-0.05, 0) is 197 Å². The number of aromatic nitrogens is 1. The summed E-state index contributed by atoms with van der Waals surface area (Å²) in [6, 6.07) is 111. The van der Waals surface area contributed by atoms with Crippen LogP contribution in [0.15, 0.2) is 303 Å². The van der Waals surface area contributed by atoms with Crippen LogP contribution >= 0.6 is 0 Å². The second kappa shape index (κ2) is 19.3. The zero-order chi connectivity index (χ0) is 52.2. The lowest BCUT2D eigenvalue weighted by Gasteiger charge is -2.26. The Balaban J connectivity index is 0.832. The molecule has 3 nitrogen and oxygen atoms in total. The number of hydrogen-bond donors (Lipinski definition) is 1. The van der Waals surface area contributed by atoms with E-state index in [0.717, 1.165) is 55.9 Å². The first-order valence-electron chi connectivity index (χ1n) is 27.1. The molecule has 0 amide bonds. The number of aromatic amines is 1. The van der Waals surface area contributed by atoms with Gasteiger partial charge in [-0.2, -0.15) is 0 Å². The van der Waals surface area contributed by atoms with Crippen molar-refractivity contribution in [2.24, 2.45) is 0 Å². The van der Waals surface area contributed by atoms with Crippen LogP contribution in [-0.2, 0) is 0 Å². The summed E-state index contributed by atoms with van der Waals surface area (Å²) in [6.45, 7) is 0. The van der Waals surface area contributed by atoms with Gasteiger partial charge in [0.15, 0.2) is 0 Å². The van der Waals surface area contributed by atoms with Crippen molar-refractivity contribution in [2.75, 3.05) is 9.80 Å². The van der Waals surface area contributed by atoms with Crippen LogP contribution in [0.1, 0.15) is 0 Å². The first kappa shape index (κ1) is 45.9. The van der Waals surface area contributed by atoms with Gasteiger partial charge in [0.2, 0.25) is 0 Å². The van der Waals surface area contributed by atoms with Gasteiger partial charge in [0.25, 0.3) is 0 Å². The van der Waals surface area contributed by atoms with Crippen molar-refractivity contribution in [3.05, 3.63) is 303 Å². The van der Waals surface area contributed by atoms with Crippen molar-refractivity contribution in [1.29, 1.82) is 0 Å². The topological polar surface area (TPSA) is 22.3 Å².